The Morgan fingerprint density at radius 2 is 1.97 bits per heavy atom. The Bertz CT molecular complexity index is 982. The van der Waals surface area contributed by atoms with E-state index in [2.05, 4.69) is 15.0 Å². The van der Waals surface area contributed by atoms with Crippen LogP contribution in [0.25, 0.3) is 10.2 Å². The van der Waals surface area contributed by atoms with Gasteiger partial charge in [-0.2, -0.15) is 13.2 Å². The fraction of sp³-hybridized carbons (Fsp3) is 0.550. The Balaban J connectivity index is 1.50. The Labute approximate surface area is 180 Å². The van der Waals surface area contributed by atoms with E-state index in [1.54, 1.807) is 4.90 Å². The molecule has 0 radical (unpaired) electrons. The molecule has 0 aromatic carbocycles. The van der Waals surface area contributed by atoms with E-state index in [0.717, 1.165) is 30.2 Å². The Morgan fingerprint density at radius 3 is 2.58 bits per heavy atom. The van der Waals surface area contributed by atoms with Gasteiger partial charge in [-0.3, -0.25) is 0 Å². The molecule has 0 unspecified atom stereocenters. The number of anilines is 1. The van der Waals surface area contributed by atoms with E-state index in [0.29, 0.717) is 38.4 Å². The summed E-state index contributed by atoms with van der Waals surface area (Å²) in [4.78, 5) is 29.9. The number of pyridine rings is 1. The number of halogens is 3. The predicted octanol–water partition coefficient (Wildman–Crippen LogP) is 4.21. The number of alkyl halides is 3. The number of piperidine rings is 1. The second-order valence-electron chi connectivity index (χ2n) is 7.76. The lowest BCUT2D eigenvalue weighted by atomic mass is 10.1. The normalized spacial score (nSPS) is 17.6. The molecule has 1 aliphatic heterocycles. The highest BCUT2D eigenvalue weighted by Crippen LogP contribution is 2.40. The minimum Gasteiger partial charge on any atom is -0.465 e. The minimum absolute atomic E-state index is 0.0143. The molecule has 31 heavy (non-hydrogen) atoms. The maximum absolute atomic E-state index is 13.7. The number of amides is 1. The van der Waals surface area contributed by atoms with Crippen molar-refractivity contribution < 1.29 is 32.2 Å². The first kappa shape index (κ1) is 21.7. The van der Waals surface area contributed by atoms with Gasteiger partial charge in [-0.25, -0.2) is 14.6 Å². The fourth-order valence-corrected chi connectivity index (χ4v) is 4.58. The molecule has 1 saturated carbocycles. The van der Waals surface area contributed by atoms with Gasteiger partial charge in [0, 0.05) is 37.9 Å². The maximum atomic E-state index is 13.7. The second-order valence-corrected chi connectivity index (χ2v) is 8.64. The molecule has 1 saturated heterocycles. The van der Waals surface area contributed by atoms with Crippen molar-refractivity contribution in [3.8, 4) is 0 Å². The highest BCUT2D eigenvalue weighted by Gasteiger charge is 2.36. The van der Waals surface area contributed by atoms with Crippen LogP contribution in [0, 0.1) is 5.92 Å². The molecule has 1 aliphatic carbocycles. The van der Waals surface area contributed by atoms with Crippen molar-refractivity contribution in [2.24, 2.45) is 5.92 Å². The number of ether oxygens (including phenoxy) is 2. The van der Waals surface area contributed by atoms with Crippen LogP contribution >= 0.6 is 11.3 Å². The number of nitrogens with zero attached hydrogens (tertiary/aromatic N) is 2. The molecule has 168 valence electrons. The lowest BCUT2D eigenvalue weighted by Gasteiger charge is -2.32. The summed E-state index contributed by atoms with van der Waals surface area (Å²) >= 11 is 0.818. The van der Waals surface area contributed by atoms with Gasteiger partial charge in [0.25, 0.3) is 0 Å². The zero-order valence-electron chi connectivity index (χ0n) is 16.8. The molecule has 2 aromatic rings. The van der Waals surface area contributed by atoms with Crippen molar-refractivity contribution in [2.45, 2.75) is 38.0 Å². The van der Waals surface area contributed by atoms with Crippen molar-refractivity contribution in [1.82, 2.24) is 10.3 Å². The highest BCUT2D eigenvalue weighted by molar-refractivity contribution is 7.17. The van der Waals surface area contributed by atoms with E-state index in [4.69, 9.17) is 4.74 Å². The van der Waals surface area contributed by atoms with Crippen LogP contribution < -0.4 is 10.2 Å². The first-order valence-electron chi connectivity index (χ1n) is 10.0. The number of thiophene rings is 1. The third-order valence-corrected chi connectivity index (χ3v) is 6.49. The van der Waals surface area contributed by atoms with E-state index < -0.39 is 23.8 Å². The number of carbonyl (C=O) groups is 2. The average molecular weight is 457 g/mol. The Kier molecular flexibility index (Phi) is 5.96. The van der Waals surface area contributed by atoms with Crippen LogP contribution in [-0.4, -0.2) is 49.9 Å². The standard InChI is InChI=1S/C20H22F3N3O4S/c1-29-18(27)13-10-31-17-14(20(21,22)23)8-15(25-16(13)17)26-6-4-12(5-7-26)30-19(28)24-9-11-2-3-11/h8,10-12H,2-7,9H2,1H3,(H,24,28). The fourth-order valence-electron chi connectivity index (χ4n) is 3.57. The van der Waals surface area contributed by atoms with Gasteiger partial charge in [-0.15, -0.1) is 11.3 Å². The average Bonchev–Trinajstić information content (AvgIpc) is 3.48. The van der Waals surface area contributed by atoms with E-state index in [-0.39, 0.29) is 27.7 Å². The van der Waals surface area contributed by atoms with Gasteiger partial charge in [0.2, 0.25) is 0 Å². The summed E-state index contributed by atoms with van der Waals surface area (Å²) < 4.78 is 51.0. The smallest absolute Gasteiger partial charge is 0.417 e. The van der Waals surface area contributed by atoms with Gasteiger partial charge >= 0.3 is 18.2 Å². The molecule has 7 nitrogen and oxygen atoms in total. The number of carbonyl (C=O) groups excluding carboxylic acids is 2. The Morgan fingerprint density at radius 1 is 1.26 bits per heavy atom. The maximum Gasteiger partial charge on any atom is 0.417 e. The summed E-state index contributed by atoms with van der Waals surface area (Å²) in [6.07, 6.45) is -2.14. The van der Waals surface area contributed by atoms with Gasteiger partial charge in [0.05, 0.1) is 28.5 Å². The van der Waals surface area contributed by atoms with E-state index in [1.165, 1.54) is 12.5 Å². The largest absolute Gasteiger partial charge is 0.465 e. The monoisotopic (exact) mass is 457 g/mol. The van der Waals surface area contributed by atoms with Crippen LogP contribution in [-0.2, 0) is 15.7 Å². The summed E-state index contributed by atoms with van der Waals surface area (Å²) in [6.45, 7) is 1.38. The molecule has 0 atom stereocenters. The van der Waals surface area contributed by atoms with Gasteiger partial charge < -0.3 is 19.7 Å². The molecule has 4 rings (SSSR count). The predicted molar refractivity (Wildman–Crippen MR) is 108 cm³/mol. The second kappa shape index (κ2) is 8.52. The quantitative estimate of drug-likeness (QED) is 0.678. The lowest BCUT2D eigenvalue weighted by Crippen LogP contribution is -2.40. The SMILES string of the molecule is COC(=O)c1csc2c(C(F)(F)F)cc(N3CCC(OC(=O)NCC4CC4)CC3)nc12. The van der Waals surface area contributed by atoms with Crippen molar-refractivity contribution in [2.75, 3.05) is 31.6 Å². The first-order valence-corrected chi connectivity index (χ1v) is 10.9. The number of hydrogen-bond acceptors (Lipinski definition) is 7. The number of fused-ring (bicyclic) bond motifs is 1. The van der Waals surface area contributed by atoms with Crippen molar-refractivity contribution >= 4 is 39.4 Å². The third-order valence-electron chi connectivity index (χ3n) is 5.49. The summed E-state index contributed by atoms with van der Waals surface area (Å²) in [5.74, 6) is -0.0430. The van der Waals surface area contributed by atoms with Gasteiger partial charge in [0.1, 0.15) is 11.9 Å². The molecule has 1 amide bonds. The Hall–Kier alpha value is -2.56. The van der Waals surface area contributed by atoms with Crippen LogP contribution in [0.4, 0.5) is 23.8 Å². The number of rotatable bonds is 5. The zero-order valence-corrected chi connectivity index (χ0v) is 17.6. The molecular formula is C20H22F3N3O4S. The van der Waals surface area contributed by atoms with Crippen LogP contribution in [0.2, 0.25) is 0 Å². The molecule has 2 aromatic heterocycles. The van der Waals surface area contributed by atoms with Gasteiger partial charge in [-0.05, 0) is 24.8 Å². The number of hydrogen-bond donors (Lipinski definition) is 1. The number of alkyl carbamates (subject to hydrolysis) is 1. The van der Waals surface area contributed by atoms with Crippen LogP contribution in [0.1, 0.15) is 41.6 Å². The molecule has 2 aliphatic rings. The first-order chi connectivity index (χ1) is 14.8. The number of methoxy groups -OCH3 is 1. The van der Waals surface area contributed by atoms with E-state index >= 15 is 0 Å². The molecular weight excluding hydrogens is 435 g/mol. The van der Waals surface area contributed by atoms with Gasteiger partial charge in [-0.1, -0.05) is 0 Å². The molecule has 11 heteroatoms. The molecule has 0 bridgehead atoms. The van der Waals surface area contributed by atoms with Gasteiger partial charge in [0.15, 0.2) is 0 Å². The number of nitrogens with one attached hydrogen (secondary N) is 1. The van der Waals surface area contributed by atoms with Crippen LogP contribution in [0.15, 0.2) is 11.4 Å². The molecule has 1 N–H and O–H groups in total. The van der Waals surface area contributed by atoms with Crippen LogP contribution in [0.3, 0.4) is 0 Å². The lowest BCUT2D eigenvalue weighted by molar-refractivity contribution is -0.136. The third kappa shape index (κ3) is 4.86. The number of esters is 1. The van der Waals surface area contributed by atoms with E-state index in [9.17, 15) is 22.8 Å². The van der Waals surface area contributed by atoms with Crippen molar-refractivity contribution in [3.63, 3.8) is 0 Å². The summed E-state index contributed by atoms with van der Waals surface area (Å²) in [7, 11) is 1.17. The molecule has 3 heterocycles. The summed E-state index contributed by atoms with van der Waals surface area (Å²) in [6, 6.07) is 1.02. The summed E-state index contributed by atoms with van der Waals surface area (Å²) in [5, 5.41) is 4.08. The van der Waals surface area contributed by atoms with Crippen molar-refractivity contribution in [1.29, 1.82) is 0 Å². The molecule has 2 fully saturated rings. The topological polar surface area (TPSA) is 80.8 Å². The van der Waals surface area contributed by atoms with E-state index in [1.807, 2.05) is 0 Å². The highest BCUT2D eigenvalue weighted by atomic mass is 32.1. The van der Waals surface area contributed by atoms with Crippen molar-refractivity contribution in [3.05, 3.63) is 22.6 Å². The van der Waals surface area contributed by atoms with Crippen LogP contribution in [0.5, 0.6) is 0 Å². The number of aromatic nitrogens is 1. The minimum atomic E-state index is -4.59. The zero-order chi connectivity index (χ0) is 22.2. The molecule has 0 spiro atoms. The summed E-state index contributed by atoms with van der Waals surface area (Å²) in [5.41, 5.74) is -0.828.